The number of rotatable bonds is 3. The molecule has 0 amide bonds. The zero-order valence-corrected chi connectivity index (χ0v) is 13.2. The van der Waals surface area contributed by atoms with E-state index in [1.165, 1.54) is 17.4 Å². The zero-order valence-electron chi connectivity index (χ0n) is 12.4. The van der Waals surface area contributed by atoms with Gasteiger partial charge in [0, 0.05) is 7.05 Å². The minimum Gasteiger partial charge on any atom is -0.273 e. The number of halogens is 1. The summed E-state index contributed by atoms with van der Waals surface area (Å²) in [6.07, 6.45) is 2.98. The maximum Gasteiger partial charge on any atom is 0.239 e. The van der Waals surface area contributed by atoms with Crippen molar-refractivity contribution in [2.24, 2.45) is 0 Å². The molecule has 2 rings (SSSR count). The summed E-state index contributed by atoms with van der Waals surface area (Å²) in [5.74, 6) is -0.336. The summed E-state index contributed by atoms with van der Waals surface area (Å²) in [6, 6.07) is 5.33. The molecule has 3 nitrogen and oxygen atoms in total. The first kappa shape index (κ1) is 15.5. The third kappa shape index (κ3) is 2.65. The van der Waals surface area contributed by atoms with Crippen LogP contribution in [0.25, 0.3) is 5.57 Å². The predicted octanol–water partition coefficient (Wildman–Crippen LogP) is 3.80. The number of hydrogen-bond donors (Lipinski definition) is 0. The van der Waals surface area contributed by atoms with Crippen molar-refractivity contribution in [3.05, 3.63) is 59.5 Å². The summed E-state index contributed by atoms with van der Waals surface area (Å²) < 4.78 is 38.8. The highest BCUT2D eigenvalue weighted by Crippen LogP contribution is 2.35. The maximum atomic E-state index is 13.8. The Balaban J connectivity index is 2.57. The monoisotopic (exact) mass is 307 g/mol. The van der Waals surface area contributed by atoms with Gasteiger partial charge in [0.2, 0.25) is 10.0 Å². The molecule has 1 heterocycles. The molecule has 0 saturated heterocycles. The minimum atomic E-state index is -3.27. The van der Waals surface area contributed by atoms with Gasteiger partial charge in [0.1, 0.15) is 5.83 Å². The summed E-state index contributed by atoms with van der Waals surface area (Å²) >= 11 is 0. The lowest BCUT2D eigenvalue weighted by molar-refractivity contribution is 0.596. The van der Waals surface area contributed by atoms with E-state index in [2.05, 4.69) is 6.58 Å². The van der Waals surface area contributed by atoms with E-state index < -0.39 is 10.0 Å². The Morgan fingerprint density at radius 3 is 2.67 bits per heavy atom. The van der Waals surface area contributed by atoms with Crippen LogP contribution in [0.4, 0.5) is 10.1 Å². The zero-order chi connectivity index (χ0) is 15.8. The first-order valence-corrected chi connectivity index (χ1v) is 8.18. The van der Waals surface area contributed by atoms with Gasteiger partial charge in [0.25, 0.3) is 0 Å². The molecule has 112 valence electrons. The Labute approximate surface area is 125 Å². The largest absolute Gasteiger partial charge is 0.273 e. The number of nitrogens with zero attached hydrogens (tertiary/aromatic N) is 1. The molecule has 0 saturated carbocycles. The number of fused-ring (bicyclic) bond motifs is 1. The normalized spacial score (nSPS) is 18.3. The highest BCUT2D eigenvalue weighted by Gasteiger charge is 2.30. The number of anilines is 1. The molecule has 0 radical (unpaired) electrons. The van der Waals surface area contributed by atoms with Gasteiger partial charge in [-0.3, -0.25) is 4.31 Å². The van der Waals surface area contributed by atoms with Crippen molar-refractivity contribution in [3.63, 3.8) is 0 Å². The quantitative estimate of drug-likeness (QED) is 0.797. The fraction of sp³-hybridized carbons (Fsp3) is 0.250. The Morgan fingerprint density at radius 1 is 1.43 bits per heavy atom. The van der Waals surface area contributed by atoms with Crippen LogP contribution in [0.15, 0.2) is 48.3 Å². The Morgan fingerprint density at radius 2 is 2.10 bits per heavy atom. The van der Waals surface area contributed by atoms with Gasteiger partial charge in [-0.15, -0.1) is 0 Å². The van der Waals surface area contributed by atoms with Crippen LogP contribution in [-0.4, -0.2) is 15.5 Å². The lowest BCUT2D eigenvalue weighted by atomic mass is 9.97. The van der Waals surface area contributed by atoms with Crippen LogP contribution in [0.5, 0.6) is 0 Å². The number of sulfonamides is 1. The second-order valence-electron chi connectivity index (χ2n) is 4.95. The molecule has 1 aromatic rings. The molecular formula is C16H18FNO2S. The van der Waals surface area contributed by atoms with Crippen molar-refractivity contribution in [1.82, 2.24) is 0 Å². The molecule has 0 atom stereocenters. The number of benzene rings is 1. The van der Waals surface area contributed by atoms with Gasteiger partial charge in [-0.25, -0.2) is 12.8 Å². The standard InChI is InChI=1S/C16H18FNO2S/c1-5-14(11(3)15(17)6-2)12-7-8-16-13(9-12)10-21(19,20)18(16)4/h5-9H,1,10H2,2-4H3/b14-11+,15-6+. The first-order valence-electron chi connectivity index (χ1n) is 6.57. The van der Waals surface area contributed by atoms with Gasteiger partial charge >= 0.3 is 0 Å². The highest BCUT2D eigenvalue weighted by molar-refractivity contribution is 7.92. The van der Waals surface area contributed by atoms with Crippen LogP contribution >= 0.6 is 0 Å². The lowest BCUT2D eigenvalue weighted by Gasteiger charge is -2.12. The van der Waals surface area contributed by atoms with Gasteiger partial charge in [0.05, 0.1) is 11.4 Å². The molecular weight excluding hydrogens is 289 g/mol. The van der Waals surface area contributed by atoms with Crippen molar-refractivity contribution in [1.29, 1.82) is 0 Å². The van der Waals surface area contributed by atoms with E-state index in [-0.39, 0.29) is 11.6 Å². The Bertz CT molecular complexity index is 760. The van der Waals surface area contributed by atoms with Crippen LogP contribution in [0, 0.1) is 0 Å². The van der Waals surface area contributed by atoms with E-state index in [1.807, 2.05) is 0 Å². The minimum absolute atomic E-state index is 0.0256. The average molecular weight is 307 g/mol. The Kier molecular flexibility index (Phi) is 4.05. The van der Waals surface area contributed by atoms with Gasteiger partial charge in [-0.2, -0.15) is 0 Å². The van der Waals surface area contributed by atoms with E-state index in [1.54, 1.807) is 38.1 Å². The van der Waals surface area contributed by atoms with Crippen molar-refractivity contribution in [2.75, 3.05) is 11.4 Å². The van der Waals surface area contributed by atoms with Crippen molar-refractivity contribution in [3.8, 4) is 0 Å². The van der Waals surface area contributed by atoms with Crippen molar-refractivity contribution in [2.45, 2.75) is 19.6 Å². The SMILES string of the molecule is C=C/C(=C(C)\C(F)=C/C)c1ccc2c(c1)CS(=O)(=O)N2C. The molecule has 0 aromatic heterocycles. The fourth-order valence-electron chi connectivity index (χ4n) is 2.45. The molecule has 0 aliphatic carbocycles. The molecule has 0 fully saturated rings. The second kappa shape index (κ2) is 5.48. The average Bonchev–Trinajstić information content (AvgIpc) is 2.68. The molecule has 1 aliphatic heterocycles. The van der Waals surface area contributed by atoms with Crippen LogP contribution in [0.1, 0.15) is 25.0 Å². The predicted molar refractivity (Wildman–Crippen MR) is 85.1 cm³/mol. The van der Waals surface area contributed by atoms with Crippen LogP contribution in [-0.2, 0) is 15.8 Å². The third-order valence-electron chi connectivity index (χ3n) is 3.70. The van der Waals surface area contributed by atoms with E-state index in [9.17, 15) is 12.8 Å². The highest BCUT2D eigenvalue weighted by atomic mass is 32.2. The Hall–Kier alpha value is -1.88. The van der Waals surface area contributed by atoms with E-state index in [0.717, 1.165) is 11.1 Å². The van der Waals surface area contributed by atoms with Crippen LogP contribution < -0.4 is 4.31 Å². The maximum absolute atomic E-state index is 13.8. The summed E-state index contributed by atoms with van der Waals surface area (Å²) in [7, 11) is -1.73. The lowest BCUT2D eigenvalue weighted by Crippen LogP contribution is -2.20. The van der Waals surface area contributed by atoms with Gasteiger partial charge in [0.15, 0.2) is 0 Å². The molecule has 0 spiro atoms. The first-order chi connectivity index (χ1) is 9.81. The number of hydrogen-bond acceptors (Lipinski definition) is 2. The van der Waals surface area contributed by atoms with E-state index >= 15 is 0 Å². The topological polar surface area (TPSA) is 37.4 Å². The summed E-state index contributed by atoms with van der Waals surface area (Å²) in [4.78, 5) is 0. The van der Waals surface area contributed by atoms with Gasteiger partial charge in [-0.1, -0.05) is 24.8 Å². The molecule has 1 aromatic carbocycles. The van der Waals surface area contributed by atoms with Crippen LogP contribution in [0.3, 0.4) is 0 Å². The van der Waals surface area contributed by atoms with Crippen molar-refractivity contribution < 1.29 is 12.8 Å². The van der Waals surface area contributed by atoms with Crippen molar-refractivity contribution >= 4 is 21.3 Å². The van der Waals surface area contributed by atoms with Gasteiger partial charge < -0.3 is 0 Å². The summed E-state index contributed by atoms with van der Waals surface area (Å²) in [5.41, 5.74) is 3.32. The fourth-order valence-corrected chi connectivity index (χ4v) is 3.75. The molecule has 1 aliphatic rings. The summed E-state index contributed by atoms with van der Waals surface area (Å²) in [5, 5.41) is 0. The molecule has 0 unspecified atom stereocenters. The van der Waals surface area contributed by atoms with Gasteiger partial charge in [-0.05, 0) is 48.3 Å². The molecule has 21 heavy (non-hydrogen) atoms. The van der Waals surface area contributed by atoms with E-state index in [4.69, 9.17) is 0 Å². The third-order valence-corrected chi connectivity index (χ3v) is 5.41. The molecule has 0 bridgehead atoms. The number of allylic oxidation sites excluding steroid dienone is 5. The summed E-state index contributed by atoms with van der Waals surface area (Å²) in [6.45, 7) is 7.04. The van der Waals surface area contributed by atoms with E-state index in [0.29, 0.717) is 16.8 Å². The molecule has 5 heteroatoms. The molecule has 0 N–H and O–H groups in total. The van der Waals surface area contributed by atoms with Crippen LogP contribution in [0.2, 0.25) is 0 Å². The smallest absolute Gasteiger partial charge is 0.239 e. The second-order valence-corrected chi connectivity index (χ2v) is 6.95.